The van der Waals surface area contributed by atoms with Crippen molar-refractivity contribution in [2.75, 3.05) is 13.7 Å². The molecule has 0 aliphatic heterocycles. The van der Waals surface area contributed by atoms with Crippen LogP contribution in [0.3, 0.4) is 0 Å². The number of nitrogens with one attached hydrogen (secondary N) is 1. The van der Waals surface area contributed by atoms with Crippen molar-refractivity contribution >= 4 is 21.4 Å². The second-order valence-corrected chi connectivity index (χ2v) is 7.71. The molecule has 0 saturated heterocycles. The molecule has 2 nitrogen and oxygen atoms in total. The van der Waals surface area contributed by atoms with Crippen LogP contribution in [0.2, 0.25) is 0 Å². The number of rotatable bonds is 6. The van der Waals surface area contributed by atoms with Gasteiger partial charge in [0.25, 0.3) is 0 Å². The van der Waals surface area contributed by atoms with Crippen molar-refractivity contribution in [1.29, 1.82) is 0 Å². The first-order valence-corrected chi connectivity index (χ1v) is 8.53. The first-order valence-electron chi connectivity index (χ1n) is 7.71. The third kappa shape index (κ3) is 3.85. The minimum Gasteiger partial charge on any atom is -0.380 e. The molecule has 2 aromatic rings. The summed E-state index contributed by atoms with van der Waals surface area (Å²) in [5.74, 6) is 0. The molecule has 0 unspecified atom stereocenters. The summed E-state index contributed by atoms with van der Waals surface area (Å²) in [5.41, 5.74) is 2.92. The highest BCUT2D eigenvalue weighted by Crippen LogP contribution is 2.35. The van der Waals surface area contributed by atoms with Gasteiger partial charge in [0, 0.05) is 28.8 Å². The molecule has 0 fully saturated rings. The first kappa shape index (κ1) is 16.5. The predicted molar refractivity (Wildman–Crippen MR) is 93.2 cm³/mol. The lowest BCUT2D eigenvalue weighted by Gasteiger charge is -2.19. The molecule has 116 valence electrons. The van der Waals surface area contributed by atoms with E-state index in [4.69, 9.17) is 4.74 Å². The normalized spacial score (nSPS) is 12.2. The van der Waals surface area contributed by atoms with Crippen LogP contribution in [0.25, 0.3) is 10.1 Å². The quantitative estimate of drug-likeness (QED) is 0.771. The summed E-state index contributed by atoms with van der Waals surface area (Å²) >= 11 is 1.89. The van der Waals surface area contributed by atoms with E-state index >= 15 is 0 Å². The topological polar surface area (TPSA) is 21.3 Å². The lowest BCUT2D eigenvalue weighted by atomic mass is 9.86. The van der Waals surface area contributed by atoms with E-state index in [1.54, 1.807) is 7.11 Å². The van der Waals surface area contributed by atoms with Crippen LogP contribution < -0.4 is 5.32 Å². The Morgan fingerprint density at radius 3 is 2.62 bits per heavy atom. The molecule has 0 saturated carbocycles. The average molecular weight is 305 g/mol. The number of benzene rings is 1. The van der Waals surface area contributed by atoms with Crippen molar-refractivity contribution in [3.63, 3.8) is 0 Å². The summed E-state index contributed by atoms with van der Waals surface area (Å²) in [5, 5.41) is 4.87. The molecular formula is C18H27NOS. The third-order valence-corrected chi connectivity index (χ3v) is 4.95. The van der Waals surface area contributed by atoms with Crippen molar-refractivity contribution < 1.29 is 4.74 Å². The fraction of sp³-hybridized carbons (Fsp3) is 0.556. The molecule has 2 rings (SSSR count). The molecular weight excluding hydrogens is 278 g/mol. The Morgan fingerprint density at radius 2 is 2.00 bits per heavy atom. The zero-order valence-corrected chi connectivity index (χ0v) is 14.7. The van der Waals surface area contributed by atoms with Gasteiger partial charge in [-0.25, -0.2) is 0 Å². The monoisotopic (exact) mass is 305 g/mol. The van der Waals surface area contributed by atoms with E-state index in [0.29, 0.717) is 6.61 Å². The van der Waals surface area contributed by atoms with Crippen molar-refractivity contribution in [2.45, 2.75) is 52.7 Å². The molecule has 0 bridgehead atoms. The van der Waals surface area contributed by atoms with Crippen LogP contribution in [0.1, 0.15) is 50.1 Å². The van der Waals surface area contributed by atoms with Crippen molar-refractivity contribution in [2.24, 2.45) is 0 Å². The number of ether oxygens (including phenoxy) is 1. The Labute approximate surface area is 132 Å². The van der Waals surface area contributed by atoms with Crippen LogP contribution in [0.5, 0.6) is 0 Å². The highest BCUT2D eigenvalue weighted by Gasteiger charge is 2.17. The van der Waals surface area contributed by atoms with E-state index in [1.807, 2.05) is 11.3 Å². The SMILES string of the molecule is CCCNCc1sc2ccc(C(C)(C)C)cc2c1COC. The van der Waals surface area contributed by atoms with Gasteiger partial charge >= 0.3 is 0 Å². The van der Waals surface area contributed by atoms with Gasteiger partial charge in [-0.2, -0.15) is 0 Å². The summed E-state index contributed by atoms with van der Waals surface area (Å²) in [6.45, 7) is 11.7. The lowest BCUT2D eigenvalue weighted by Crippen LogP contribution is -2.14. The molecule has 0 atom stereocenters. The maximum Gasteiger partial charge on any atom is 0.0730 e. The van der Waals surface area contributed by atoms with Crippen LogP contribution in [0.4, 0.5) is 0 Å². The van der Waals surface area contributed by atoms with E-state index in [1.165, 1.54) is 32.5 Å². The Bertz CT molecular complexity index is 595. The van der Waals surface area contributed by atoms with Crippen molar-refractivity contribution in [3.05, 3.63) is 34.2 Å². The Hall–Kier alpha value is -0.900. The standard InChI is InChI=1S/C18H27NOS/c1-6-9-19-11-17-15(12-20-5)14-10-13(18(2,3)4)7-8-16(14)21-17/h7-8,10,19H,6,9,11-12H2,1-5H3. The number of thiophene rings is 1. The molecule has 1 N–H and O–H groups in total. The van der Waals surface area contributed by atoms with Crippen LogP contribution >= 0.6 is 11.3 Å². The molecule has 1 aromatic carbocycles. The number of fused-ring (bicyclic) bond motifs is 1. The maximum absolute atomic E-state index is 5.45. The summed E-state index contributed by atoms with van der Waals surface area (Å²) in [6, 6.07) is 6.88. The highest BCUT2D eigenvalue weighted by atomic mass is 32.1. The molecule has 0 spiro atoms. The molecule has 0 aliphatic rings. The third-order valence-electron chi connectivity index (χ3n) is 3.74. The second kappa shape index (κ2) is 6.91. The molecule has 0 aliphatic carbocycles. The van der Waals surface area contributed by atoms with E-state index in [0.717, 1.165) is 13.1 Å². The molecule has 21 heavy (non-hydrogen) atoms. The Kier molecular flexibility index (Phi) is 5.42. The number of methoxy groups -OCH3 is 1. The molecule has 1 heterocycles. The average Bonchev–Trinajstić information content (AvgIpc) is 2.76. The van der Waals surface area contributed by atoms with Crippen LogP contribution in [-0.4, -0.2) is 13.7 Å². The lowest BCUT2D eigenvalue weighted by molar-refractivity contribution is 0.185. The van der Waals surface area contributed by atoms with Crippen LogP contribution in [0.15, 0.2) is 18.2 Å². The van der Waals surface area contributed by atoms with Crippen molar-refractivity contribution in [1.82, 2.24) is 5.32 Å². The number of hydrogen-bond acceptors (Lipinski definition) is 3. The van der Waals surface area contributed by atoms with E-state index < -0.39 is 0 Å². The Morgan fingerprint density at radius 1 is 1.24 bits per heavy atom. The van der Waals surface area contributed by atoms with Gasteiger partial charge in [-0.15, -0.1) is 11.3 Å². The molecule has 0 radical (unpaired) electrons. The van der Waals surface area contributed by atoms with Crippen LogP contribution in [-0.2, 0) is 23.3 Å². The summed E-state index contributed by atoms with van der Waals surface area (Å²) in [6.07, 6.45) is 1.17. The van der Waals surface area contributed by atoms with Gasteiger partial charge in [-0.05, 0) is 41.5 Å². The van der Waals surface area contributed by atoms with Gasteiger partial charge < -0.3 is 10.1 Å². The number of hydrogen-bond donors (Lipinski definition) is 1. The minimum absolute atomic E-state index is 0.182. The first-order chi connectivity index (χ1) is 9.97. The zero-order chi connectivity index (χ0) is 15.5. The smallest absolute Gasteiger partial charge is 0.0730 e. The summed E-state index contributed by atoms with van der Waals surface area (Å²) in [4.78, 5) is 1.41. The van der Waals surface area contributed by atoms with Gasteiger partial charge in [0.15, 0.2) is 0 Å². The van der Waals surface area contributed by atoms with Gasteiger partial charge in [-0.1, -0.05) is 33.8 Å². The molecule has 3 heteroatoms. The fourth-order valence-corrected chi connectivity index (χ4v) is 3.65. The van der Waals surface area contributed by atoms with E-state index in [-0.39, 0.29) is 5.41 Å². The van der Waals surface area contributed by atoms with Gasteiger partial charge in [0.1, 0.15) is 0 Å². The fourth-order valence-electron chi connectivity index (χ4n) is 2.49. The van der Waals surface area contributed by atoms with Gasteiger partial charge in [-0.3, -0.25) is 0 Å². The summed E-state index contributed by atoms with van der Waals surface area (Å²) in [7, 11) is 1.78. The second-order valence-electron chi connectivity index (χ2n) is 6.57. The van der Waals surface area contributed by atoms with E-state index in [2.05, 4.69) is 51.2 Å². The largest absolute Gasteiger partial charge is 0.380 e. The van der Waals surface area contributed by atoms with E-state index in [9.17, 15) is 0 Å². The Balaban J connectivity index is 2.43. The molecule has 0 amide bonds. The molecule has 1 aromatic heterocycles. The summed E-state index contributed by atoms with van der Waals surface area (Å²) < 4.78 is 6.81. The van der Waals surface area contributed by atoms with Gasteiger partial charge in [0.05, 0.1) is 6.61 Å². The van der Waals surface area contributed by atoms with Gasteiger partial charge in [0.2, 0.25) is 0 Å². The predicted octanol–water partition coefficient (Wildman–Crippen LogP) is 4.84. The van der Waals surface area contributed by atoms with Crippen molar-refractivity contribution in [3.8, 4) is 0 Å². The minimum atomic E-state index is 0.182. The van der Waals surface area contributed by atoms with Crippen LogP contribution in [0, 0.1) is 0 Å². The zero-order valence-electron chi connectivity index (χ0n) is 13.9. The highest BCUT2D eigenvalue weighted by molar-refractivity contribution is 7.19. The maximum atomic E-state index is 5.45.